The number of carbonyl (C=O) groups is 1. The zero-order valence-electron chi connectivity index (χ0n) is 6.25. The van der Waals surface area contributed by atoms with Crippen LogP contribution in [0.15, 0.2) is 35.6 Å². The van der Waals surface area contributed by atoms with Gasteiger partial charge in [-0.25, -0.2) is 0 Å². The first-order chi connectivity index (χ1) is 5.74. The molecule has 0 bridgehead atoms. The van der Waals surface area contributed by atoms with Gasteiger partial charge in [-0.15, -0.1) is 0 Å². The quantitative estimate of drug-likeness (QED) is 0.784. The molecule has 1 aromatic rings. The van der Waals surface area contributed by atoms with Gasteiger partial charge in [0.1, 0.15) is 0 Å². The lowest BCUT2D eigenvalue weighted by Crippen LogP contribution is -2.07. The first-order valence-corrected chi connectivity index (χ1v) is 4.06. The maximum absolute atomic E-state index is 10.9. The summed E-state index contributed by atoms with van der Waals surface area (Å²) in [6, 6.07) is 1.70. The average Bonchev–Trinajstić information content (AvgIpc) is 2.09. The number of anilines is 1. The number of amides is 1. The molecule has 0 atom stereocenters. The van der Waals surface area contributed by atoms with E-state index in [9.17, 15) is 4.79 Å². The first kappa shape index (κ1) is 8.93. The van der Waals surface area contributed by atoms with Gasteiger partial charge in [0.2, 0.25) is 5.91 Å². The van der Waals surface area contributed by atoms with Crippen LogP contribution in [0, 0.1) is 0 Å². The predicted molar refractivity (Wildman–Crippen MR) is 50.8 cm³/mol. The Morgan fingerprint density at radius 3 is 3.08 bits per heavy atom. The molecule has 0 saturated heterocycles. The zero-order valence-corrected chi connectivity index (χ0v) is 7.84. The van der Waals surface area contributed by atoms with Gasteiger partial charge in [-0.2, -0.15) is 0 Å². The maximum Gasteiger partial charge on any atom is 0.247 e. The summed E-state index contributed by atoms with van der Waals surface area (Å²) in [7, 11) is 0. The highest BCUT2D eigenvalue weighted by Crippen LogP contribution is 2.19. The highest BCUT2D eigenvalue weighted by molar-refractivity contribution is 9.10. The van der Waals surface area contributed by atoms with Crippen molar-refractivity contribution in [3.05, 3.63) is 35.6 Å². The van der Waals surface area contributed by atoms with Crippen LogP contribution in [-0.4, -0.2) is 10.9 Å². The van der Waals surface area contributed by atoms with E-state index < -0.39 is 0 Å². The smallest absolute Gasteiger partial charge is 0.247 e. The number of nitrogens with zero attached hydrogens (tertiary/aromatic N) is 1. The number of hydrogen-bond acceptors (Lipinski definition) is 2. The van der Waals surface area contributed by atoms with Crippen molar-refractivity contribution in [1.29, 1.82) is 0 Å². The lowest BCUT2D eigenvalue weighted by Gasteiger charge is -2.02. The SMILES string of the molecule is C=CC(=O)Nc1ccncc1Br. The number of pyridine rings is 1. The fourth-order valence-corrected chi connectivity index (χ4v) is 1.01. The molecule has 1 N–H and O–H groups in total. The maximum atomic E-state index is 10.9. The van der Waals surface area contributed by atoms with Gasteiger partial charge in [-0.05, 0) is 28.1 Å². The lowest BCUT2D eigenvalue weighted by atomic mass is 10.4. The molecule has 0 aliphatic rings. The molecular formula is C8H7BrN2O. The predicted octanol–water partition coefficient (Wildman–Crippen LogP) is 1.97. The van der Waals surface area contributed by atoms with Crippen LogP contribution in [0.1, 0.15) is 0 Å². The summed E-state index contributed by atoms with van der Waals surface area (Å²) in [4.78, 5) is 14.7. The van der Waals surface area contributed by atoms with E-state index in [1.807, 2.05) is 0 Å². The third-order valence-electron chi connectivity index (χ3n) is 1.22. The molecule has 0 unspecified atom stereocenters. The molecule has 0 spiro atoms. The van der Waals surface area contributed by atoms with Crippen LogP contribution in [-0.2, 0) is 4.79 Å². The molecular weight excluding hydrogens is 220 g/mol. The Kier molecular flexibility index (Phi) is 2.99. The molecule has 1 amide bonds. The Balaban J connectivity index is 2.82. The van der Waals surface area contributed by atoms with Gasteiger partial charge in [0.25, 0.3) is 0 Å². The van der Waals surface area contributed by atoms with Crippen molar-refractivity contribution in [2.45, 2.75) is 0 Å². The molecule has 0 aliphatic heterocycles. The van der Waals surface area contributed by atoms with Crippen LogP contribution in [0.4, 0.5) is 5.69 Å². The fraction of sp³-hybridized carbons (Fsp3) is 0. The average molecular weight is 227 g/mol. The molecule has 0 radical (unpaired) electrons. The van der Waals surface area contributed by atoms with Crippen molar-refractivity contribution in [2.75, 3.05) is 5.32 Å². The van der Waals surface area contributed by atoms with Crippen LogP contribution in [0.5, 0.6) is 0 Å². The largest absolute Gasteiger partial charge is 0.321 e. The minimum absolute atomic E-state index is 0.234. The van der Waals surface area contributed by atoms with Gasteiger partial charge in [-0.1, -0.05) is 6.58 Å². The van der Waals surface area contributed by atoms with Crippen molar-refractivity contribution >= 4 is 27.5 Å². The molecule has 12 heavy (non-hydrogen) atoms. The number of aromatic nitrogens is 1. The number of carbonyl (C=O) groups excluding carboxylic acids is 1. The topological polar surface area (TPSA) is 42.0 Å². The Hall–Kier alpha value is -1.16. The summed E-state index contributed by atoms with van der Waals surface area (Å²) in [6.45, 7) is 3.34. The molecule has 0 aromatic carbocycles. The minimum Gasteiger partial charge on any atom is -0.321 e. The van der Waals surface area contributed by atoms with Crippen molar-refractivity contribution in [1.82, 2.24) is 4.98 Å². The molecule has 62 valence electrons. The third-order valence-corrected chi connectivity index (χ3v) is 1.85. The van der Waals surface area contributed by atoms with Gasteiger partial charge in [0.15, 0.2) is 0 Å². The van der Waals surface area contributed by atoms with E-state index in [0.717, 1.165) is 4.47 Å². The van der Waals surface area contributed by atoms with E-state index in [1.54, 1.807) is 18.5 Å². The standard InChI is InChI=1S/C8H7BrN2O/c1-2-8(12)11-7-3-4-10-5-6(7)9/h2-5H,1H2,(H,10,11,12). The lowest BCUT2D eigenvalue weighted by molar-refractivity contribution is -0.111. The molecule has 0 fully saturated rings. The van der Waals surface area contributed by atoms with E-state index in [-0.39, 0.29) is 5.91 Å². The fourth-order valence-electron chi connectivity index (χ4n) is 0.660. The zero-order chi connectivity index (χ0) is 8.97. The van der Waals surface area contributed by atoms with Crippen LogP contribution in [0.3, 0.4) is 0 Å². The van der Waals surface area contributed by atoms with Crippen molar-refractivity contribution in [3.63, 3.8) is 0 Å². The van der Waals surface area contributed by atoms with Crippen molar-refractivity contribution in [3.8, 4) is 0 Å². The summed E-state index contributed by atoms with van der Waals surface area (Å²) < 4.78 is 0.750. The van der Waals surface area contributed by atoms with Gasteiger partial charge >= 0.3 is 0 Å². The Morgan fingerprint density at radius 2 is 2.50 bits per heavy atom. The monoisotopic (exact) mass is 226 g/mol. The number of halogens is 1. The van der Waals surface area contributed by atoms with Crippen molar-refractivity contribution < 1.29 is 4.79 Å². The van der Waals surface area contributed by atoms with E-state index in [2.05, 4.69) is 32.8 Å². The van der Waals surface area contributed by atoms with Gasteiger partial charge in [-0.3, -0.25) is 9.78 Å². The van der Waals surface area contributed by atoms with E-state index in [4.69, 9.17) is 0 Å². The number of hydrogen-bond donors (Lipinski definition) is 1. The highest BCUT2D eigenvalue weighted by atomic mass is 79.9. The second-order valence-corrected chi connectivity index (χ2v) is 2.90. The number of nitrogens with one attached hydrogen (secondary N) is 1. The third kappa shape index (κ3) is 2.17. The second kappa shape index (κ2) is 4.01. The Bertz CT molecular complexity index is 312. The van der Waals surface area contributed by atoms with Gasteiger partial charge in [0, 0.05) is 12.4 Å². The normalized spacial score (nSPS) is 9.08. The summed E-state index contributed by atoms with van der Waals surface area (Å²) >= 11 is 3.24. The highest BCUT2D eigenvalue weighted by Gasteiger charge is 2.00. The van der Waals surface area contributed by atoms with E-state index in [1.165, 1.54) is 6.08 Å². The molecule has 0 aliphatic carbocycles. The van der Waals surface area contributed by atoms with E-state index >= 15 is 0 Å². The molecule has 3 nitrogen and oxygen atoms in total. The summed E-state index contributed by atoms with van der Waals surface area (Å²) in [6.07, 6.45) is 4.43. The van der Waals surface area contributed by atoms with Gasteiger partial charge < -0.3 is 5.32 Å². The van der Waals surface area contributed by atoms with Crippen molar-refractivity contribution in [2.24, 2.45) is 0 Å². The molecule has 0 saturated carbocycles. The molecule has 4 heteroatoms. The van der Waals surface area contributed by atoms with Gasteiger partial charge in [0.05, 0.1) is 10.2 Å². The second-order valence-electron chi connectivity index (χ2n) is 2.05. The van der Waals surface area contributed by atoms with Crippen LogP contribution < -0.4 is 5.32 Å². The Morgan fingerprint density at radius 1 is 1.75 bits per heavy atom. The van der Waals surface area contributed by atoms with Crippen LogP contribution in [0.2, 0.25) is 0 Å². The first-order valence-electron chi connectivity index (χ1n) is 3.27. The van der Waals surface area contributed by atoms with Crippen LogP contribution >= 0.6 is 15.9 Å². The molecule has 1 heterocycles. The summed E-state index contributed by atoms with van der Waals surface area (Å²) in [5, 5.41) is 2.62. The molecule has 1 rings (SSSR count). The Labute approximate surface area is 78.6 Å². The van der Waals surface area contributed by atoms with Crippen LogP contribution in [0.25, 0.3) is 0 Å². The summed E-state index contributed by atoms with van der Waals surface area (Å²) in [5.74, 6) is -0.234. The number of rotatable bonds is 2. The van der Waals surface area contributed by atoms with E-state index in [0.29, 0.717) is 5.69 Å². The summed E-state index contributed by atoms with van der Waals surface area (Å²) in [5.41, 5.74) is 0.690. The minimum atomic E-state index is -0.234. The molecule has 1 aromatic heterocycles.